The van der Waals surface area contributed by atoms with Crippen LogP contribution in [0.15, 0.2) is 30.3 Å². The summed E-state index contributed by atoms with van der Waals surface area (Å²) in [7, 11) is 0. The summed E-state index contributed by atoms with van der Waals surface area (Å²) < 4.78 is 0. The number of hydrogen-bond donors (Lipinski definition) is 2. The SMILES string of the molecule is CC(C)(C)CNCC(N)c1ccccc1. The molecule has 0 aliphatic rings. The van der Waals surface area contributed by atoms with Crippen LogP contribution in [0.5, 0.6) is 0 Å². The fraction of sp³-hybridized carbons (Fsp3) is 0.538. The van der Waals surface area contributed by atoms with Crippen LogP contribution in [-0.2, 0) is 0 Å². The van der Waals surface area contributed by atoms with Gasteiger partial charge in [0.2, 0.25) is 0 Å². The maximum absolute atomic E-state index is 6.06. The van der Waals surface area contributed by atoms with Crippen LogP contribution in [0.2, 0.25) is 0 Å². The zero-order valence-corrected chi connectivity index (χ0v) is 9.96. The summed E-state index contributed by atoms with van der Waals surface area (Å²) in [6.45, 7) is 8.48. The smallest absolute Gasteiger partial charge is 0.0421 e. The van der Waals surface area contributed by atoms with Crippen molar-refractivity contribution in [2.24, 2.45) is 11.1 Å². The molecule has 84 valence electrons. The number of nitrogens with one attached hydrogen (secondary N) is 1. The summed E-state index contributed by atoms with van der Waals surface area (Å²) in [5.74, 6) is 0. The van der Waals surface area contributed by atoms with E-state index < -0.39 is 0 Å². The molecule has 0 saturated carbocycles. The third-order valence-electron chi connectivity index (χ3n) is 2.25. The average Bonchev–Trinajstić information content (AvgIpc) is 2.17. The van der Waals surface area contributed by atoms with Gasteiger partial charge < -0.3 is 11.1 Å². The lowest BCUT2D eigenvalue weighted by Gasteiger charge is -2.21. The summed E-state index contributed by atoms with van der Waals surface area (Å²) in [6.07, 6.45) is 0. The highest BCUT2D eigenvalue weighted by molar-refractivity contribution is 5.18. The van der Waals surface area contributed by atoms with E-state index in [4.69, 9.17) is 5.73 Å². The van der Waals surface area contributed by atoms with Crippen LogP contribution in [0, 0.1) is 5.41 Å². The number of rotatable bonds is 4. The summed E-state index contributed by atoms with van der Waals surface area (Å²) in [6, 6.07) is 10.3. The molecule has 1 aromatic rings. The van der Waals surface area contributed by atoms with E-state index in [2.05, 4.69) is 38.2 Å². The molecule has 1 aromatic carbocycles. The quantitative estimate of drug-likeness (QED) is 0.793. The van der Waals surface area contributed by atoms with E-state index in [0.717, 1.165) is 13.1 Å². The van der Waals surface area contributed by atoms with Crippen LogP contribution in [0.3, 0.4) is 0 Å². The van der Waals surface area contributed by atoms with Crippen molar-refractivity contribution >= 4 is 0 Å². The van der Waals surface area contributed by atoms with Gasteiger partial charge >= 0.3 is 0 Å². The molecule has 0 aliphatic heterocycles. The van der Waals surface area contributed by atoms with Gasteiger partial charge in [-0.05, 0) is 11.0 Å². The molecule has 0 heterocycles. The minimum absolute atomic E-state index is 0.0912. The van der Waals surface area contributed by atoms with Crippen molar-refractivity contribution in [1.29, 1.82) is 0 Å². The van der Waals surface area contributed by atoms with Gasteiger partial charge in [-0.3, -0.25) is 0 Å². The lowest BCUT2D eigenvalue weighted by molar-refractivity contribution is 0.374. The van der Waals surface area contributed by atoms with E-state index >= 15 is 0 Å². The molecular formula is C13H22N2. The van der Waals surface area contributed by atoms with Crippen LogP contribution in [0.4, 0.5) is 0 Å². The first kappa shape index (κ1) is 12.2. The first-order valence-corrected chi connectivity index (χ1v) is 5.50. The molecule has 0 bridgehead atoms. The second kappa shape index (κ2) is 5.29. The van der Waals surface area contributed by atoms with Gasteiger partial charge in [-0.15, -0.1) is 0 Å². The fourth-order valence-electron chi connectivity index (χ4n) is 1.42. The predicted octanol–water partition coefficient (Wildman–Crippen LogP) is 2.32. The molecular weight excluding hydrogens is 184 g/mol. The maximum Gasteiger partial charge on any atom is 0.0421 e. The van der Waals surface area contributed by atoms with E-state index in [-0.39, 0.29) is 6.04 Å². The van der Waals surface area contributed by atoms with Crippen LogP contribution in [-0.4, -0.2) is 13.1 Å². The second-order valence-corrected chi connectivity index (χ2v) is 5.21. The molecule has 0 spiro atoms. The number of benzene rings is 1. The Balaban J connectivity index is 2.34. The zero-order valence-electron chi connectivity index (χ0n) is 9.96. The largest absolute Gasteiger partial charge is 0.323 e. The van der Waals surface area contributed by atoms with Crippen LogP contribution in [0.25, 0.3) is 0 Å². The summed E-state index contributed by atoms with van der Waals surface area (Å²) >= 11 is 0. The van der Waals surface area contributed by atoms with Gasteiger partial charge in [0.25, 0.3) is 0 Å². The minimum Gasteiger partial charge on any atom is -0.323 e. The molecule has 2 nitrogen and oxygen atoms in total. The highest BCUT2D eigenvalue weighted by Crippen LogP contribution is 2.12. The Kier molecular flexibility index (Phi) is 4.30. The predicted molar refractivity (Wildman–Crippen MR) is 65.7 cm³/mol. The molecule has 0 fully saturated rings. The number of hydrogen-bond acceptors (Lipinski definition) is 2. The van der Waals surface area contributed by atoms with E-state index in [0.29, 0.717) is 5.41 Å². The van der Waals surface area contributed by atoms with Gasteiger partial charge in [0.05, 0.1) is 0 Å². The van der Waals surface area contributed by atoms with Gasteiger partial charge in [-0.2, -0.15) is 0 Å². The van der Waals surface area contributed by atoms with Crippen molar-refractivity contribution in [3.63, 3.8) is 0 Å². The minimum atomic E-state index is 0.0912. The Hall–Kier alpha value is -0.860. The molecule has 0 aliphatic carbocycles. The lowest BCUT2D eigenvalue weighted by atomic mass is 9.97. The molecule has 3 N–H and O–H groups in total. The summed E-state index contributed by atoms with van der Waals surface area (Å²) in [4.78, 5) is 0. The molecule has 15 heavy (non-hydrogen) atoms. The van der Waals surface area contributed by atoms with Crippen molar-refractivity contribution in [1.82, 2.24) is 5.32 Å². The Morgan fingerprint density at radius 1 is 1.20 bits per heavy atom. The lowest BCUT2D eigenvalue weighted by Crippen LogP contribution is -2.33. The zero-order chi connectivity index (χ0) is 11.3. The average molecular weight is 206 g/mol. The van der Waals surface area contributed by atoms with E-state index in [1.807, 2.05) is 18.2 Å². The van der Waals surface area contributed by atoms with Crippen molar-refractivity contribution in [3.8, 4) is 0 Å². The third-order valence-corrected chi connectivity index (χ3v) is 2.25. The normalized spacial score (nSPS) is 13.9. The molecule has 2 heteroatoms. The molecule has 0 radical (unpaired) electrons. The molecule has 1 unspecified atom stereocenters. The van der Waals surface area contributed by atoms with E-state index in [9.17, 15) is 0 Å². The van der Waals surface area contributed by atoms with Crippen LogP contribution < -0.4 is 11.1 Å². The monoisotopic (exact) mass is 206 g/mol. The van der Waals surface area contributed by atoms with Crippen molar-refractivity contribution < 1.29 is 0 Å². The Morgan fingerprint density at radius 3 is 2.33 bits per heavy atom. The molecule has 1 rings (SSSR count). The molecule has 0 amide bonds. The van der Waals surface area contributed by atoms with Gasteiger partial charge in [0.15, 0.2) is 0 Å². The van der Waals surface area contributed by atoms with Gasteiger partial charge in [0, 0.05) is 19.1 Å². The van der Waals surface area contributed by atoms with E-state index in [1.165, 1.54) is 5.56 Å². The van der Waals surface area contributed by atoms with E-state index in [1.54, 1.807) is 0 Å². The van der Waals surface area contributed by atoms with Gasteiger partial charge in [-0.25, -0.2) is 0 Å². The summed E-state index contributed by atoms with van der Waals surface area (Å²) in [5.41, 5.74) is 7.57. The number of nitrogens with two attached hydrogens (primary N) is 1. The maximum atomic E-state index is 6.06. The van der Waals surface area contributed by atoms with Crippen LogP contribution in [0.1, 0.15) is 32.4 Å². The van der Waals surface area contributed by atoms with Crippen LogP contribution >= 0.6 is 0 Å². The Labute approximate surface area is 92.9 Å². The molecule has 1 atom stereocenters. The fourth-order valence-corrected chi connectivity index (χ4v) is 1.42. The Morgan fingerprint density at radius 2 is 1.80 bits per heavy atom. The van der Waals surface area contributed by atoms with Gasteiger partial charge in [-0.1, -0.05) is 51.1 Å². The third kappa shape index (κ3) is 4.96. The van der Waals surface area contributed by atoms with Gasteiger partial charge in [0.1, 0.15) is 0 Å². The second-order valence-electron chi connectivity index (χ2n) is 5.21. The van der Waals surface area contributed by atoms with Crippen molar-refractivity contribution in [3.05, 3.63) is 35.9 Å². The van der Waals surface area contributed by atoms with Crippen molar-refractivity contribution in [2.45, 2.75) is 26.8 Å². The van der Waals surface area contributed by atoms with Crippen molar-refractivity contribution in [2.75, 3.05) is 13.1 Å². The first-order valence-electron chi connectivity index (χ1n) is 5.50. The topological polar surface area (TPSA) is 38.0 Å². The molecule has 0 saturated heterocycles. The molecule has 0 aromatic heterocycles. The first-order chi connectivity index (χ1) is 6.99. The Bertz CT molecular complexity index is 274. The highest BCUT2D eigenvalue weighted by atomic mass is 14.9. The summed E-state index contributed by atoms with van der Waals surface area (Å²) in [5, 5.41) is 3.40. The highest BCUT2D eigenvalue weighted by Gasteiger charge is 2.10. The standard InChI is InChI=1S/C13H22N2/c1-13(2,3)10-15-9-12(14)11-7-5-4-6-8-11/h4-8,12,15H,9-10,14H2,1-3H3.